The summed E-state index contributed by atoms with van der Waals surface area (Å²) in [6, 6.07) is 0. The maximum Gasteiger partial charge on any atom is 0.243 e. The maximum absolute atomic E-state index is 11.4. The van der Waals surface area contributed by atoms with E-state index in [1.807, 2.05) is 0 Å². The highest BCUT2D eigenvalue weighted by atomic mass is 32.2. The topological polar surface area (TPSA) is 101 Å². The molecule has 1 rings (SSSR count). The molecular weight excluding hydrogens is 224 g/mol. The van der Waals surface area contributed by atoms with Crippen molar-refractivity contribution in [3.63, 3.8) is 0 Å². The van der Waals surface area contributed by atoms with Crippen molar-refractivity contribution in [3.8, 4) is 0 Å². The molecule has 1 aromatic heterocycles. The molecule has 0 saturated heterocycles. The van der Waals surface area contributed by atoms with E-state index in [1.54, 1.807) is 0 Å². The van der Waals surface area contributed by atoms with Gasteiger partial charge in [-0.3, -0.25) is 5.10 Å². The Hall–Kier alpha value is -0.990. The molecule has 14 heavy (non-hydrogen) atoms. The SMILES string of the molecule is NC(=S)CCNS(=O)(=O)c1cn[nH]c1. The van der Waals surface area contributed by atoms with Gasteiger partial charge in [0.2, 0.25) is 10.0 Å². The lowest BCUT2D eigenvalue weighted by Gasteiger charge is -2.02. The molecule has 4 N–H and O–H groups in total. The lowest BCUT2D eigenvalue weighted by atomic mass is 10.4. The van der Waals surface area contributed by atoms with Crippen LogP contribution in [0.2, 0.25) is 0 Å². The minimum Gasteiger partial charge on any atom is -0.393 e. The van der Waals surface area contributed by atoms with E-state index >= 15 is 0 Å². The maximum atomic E-state index is 11.4. The fourth-order valence-corrected chi connectivity index (χ4v) is 1.82. The first kappa shape index (κ1) is 11.1. The summed E-state index contributed by atoms with van der Waals surface area (Å²) in [5, 5.41) is 5.95. The van der Waals surface area contributed by atoms with E-state index in [2.05, 4.69) is 27.1 Å². The van der Waals surface area contributed by atoms with Crippen LogP contribution >= 0.6 is 12.2 Å². The molecule has 1 heterocycles. The van der Waals surface area contributed by atoms with E-state index < -0.39 is 10.0 Å². The molecule has 8 heteroatoms. The number of hydrogen-bond donors (Lipinski definition) is 3. The third-order valence-corrected chi connectivity index (χ3v) is 3.08. The third kappa shape index (κ3) is 3.05. The summed E-state index contributed by atoms with van der Waals surface area (Å²) in [6.45, 7) is 0.197. The van der Waals surface area contributed by atoms with Crippen LogP contribution in [-0.4, -0.2) is 30.1 Å². The van der Waals surface area contributed by atoms with Crippen LogP contribution in [0.4, 0.5) is 0 Å². The zero-order valence-corrected chi connectivity index (χ0v) is 8.86. The molecule has 0 aliphatic carbocycles. The number of hydrogen-bond acceptors (Lipinski definition) is 4. The van der Waals surface area contributed by atoms with Gasteiger partial charge in [0.25, 0.3) is 0 Å². The zero-order valence-electron chi connectivity index (χ0n) is 7.23. The molecule has 0 spiro atoms. The van der Waals surface area contributed by atoms with Gasteiger partial charge in [-0.1, -0.05) is 12.2 Å². The number of aromatic amines is 1. The van der Waals surface area contributed by atoms with Crippen molar-refractivity contribution in [1.29, 1.82) is 0 Å². The monoisotopic (exact) mass is 234 g/mol. The summed E-state index contributed by atoms with van der Waals surface area (Å²) in [7, 11) is -3.47. The third-order valence-electron chi connectivity index (χ3n) is 1.45. The van der Waals surface area contributed by atoms with Crippen LogP contribution in [-0.2, 0) is 10.0 Å². The highest BCUT2D eigenvalue weighted by molar-refractivity contribution is 7.89. The van der Waals surface area contributed by atoms with Gasteiger partial charge < -0.3 is 5.73 Å². The molecule has 0 atom stereocenters. The number of aromatic nitrogens is 2. The van der Waals surface area contributed by atoms with Gasteiger partial charge in [0.05, 0.1) is 11.2 Å². The summed E-state index contributed by atoms with van der Waals surface area (Å²) < 4.78 is 25.2. The smallest absolute Gasteiger partial charge is 0.243 e. The van der Waals surface area contributed by atoms with E-state index in [0.717, 1.165) is 0 Å². The predicted molar refractivity (Wildman–Crippen MR) is 55.2 cm³/mol. The van der Waals surface area contributed by atoms with Gasteiger partial charge in [0.1, 0.15) is 4.90 Å². The molecule has 0 aromatic carbocycles. The number of rotatable bonds is 5. The quantitative estimate of drug-likeness (QED) is 0.589. The summed E-state index contributed by atoms with van der Waals surface area (Å²) in [5.74, 6) is 0. The van der Waals surface area contributed by atoms with Crippen LogP contribution in [0.15, 0.2) is 17.3 Å². The van der Waals surface area contributed by atoms with Gasteiger partial charge in [-0.25, -0.2) is 13.1 Å². The normalized spacial score (nSPS) is 11.4. The number of nitrogens with two attached hydrogens (primary N) is 1. The second-order valence-electron chi connectivity index (χ2n) is 2.55. The molecule has 0 radical (unpaired) electrons. The first-order valence-corrected chi connectivity index (χ1v) is 5.68. The first-order chi connectivity index (χ1) is 6.52. The van der Waals surface area contributed by atoms with E-state index in [4.69, 9.17) is 5.73 Å². The molecule has 0 amide bonds. The number of thiocarbonyl (C=S) groups is 1. The fraction of sp³-hybridized carbons (Fsp3) is 0.333. The summed E-state index contributed by atoms with van der Waals surface area (Å²) >= 11 is 4.61. The Bertz CT molecular complexity index is 397. The van der Waals surface area contributed by atoms with Gasteiger partial charge in [0, 0.05) is 19.2 Å². The standard InChI is InChI=1S/C6H10N4O2S2/c7-6(13)1-2-10-14(11,12)5-3-8-9-4-5/h3-4,10H,1-2H2,(H2,7,13)(H,8,9). The summed E-state index contributed by atoms with van der Waals surface area (Å²) in [5.41, 5.74) is 5.22. The predicted octanol–water partition coefficient (Wildman–Crippen LogP) is -0.636. The molecule has 78 valence electrons. The number of nitrogens with zero attached hydrogens (tertiary/aromatic N) is 1. The van der Waals surface area contributed by atoms with E-state index in [1.165, 1.54) is 12.4 Å². The summed E-state index contributed by atoms with van der Waals surface area (Å²) in [6.07, 6.45) is 2.86. The Labute approximate surface area is 86.9 Å². The van der Waals surface area contributed by atoms with Crippen LogP contribution < -0.4 is 10.5 Å². The highest BCUT2D eigenvalue weighted by Crippen LogP contribution is 2.03. The van der Waals surface area contributed by atoms with E-state index in [0.29, 0.717) is 6.42 Å². The van der Waals surface area contributed by atoms with Gasteiger partial charge >= 0.3 is 0 Å². The van der Waals surface area contributed by atoms with Crippen molar-refractivity contribution in [2.24, 2.45) is 5.73 Å². The second-order valence-corrected chi connectivity index (χ2v) is 4.84. The van der Waals surface area contributed by atoms with Crippen molar-refractivity contribution < 1.29 is 8.42 Å². The zero-order chi connectivity index (χ0) is 10.6. The average Bonchev–Trinajstić information content (AvgIpc) is 2.54. The lowest BCUT2D eigenvalue weighted by molar-refractivity contribution is 0.583. The largest absolute Gasteiger partial charge is 0.393 e. The number of H-pyrrole nitrogens is 1. The van der Waals surface area contributed by atoms with Crippen molar-refractivity contribution in [2.45, 2.75) is 11.3 Å². The first-order valence-electron chi connectivity index (χ1n) is 3.79. The molecule has 0 fully saturated rings. The Kier molecular flexibility index (Phi) is 3.55. The van der Waals surface area contributed by atoms with E-state index in [9.17, 15) is 8.42 Å². The molecule has 0 saturated carbocycles. The summed E-state index contributed by atoms with van der Waals surface area (Å²) in [4.78, 5) is 0.375. The number of sulfonamides is 1. The Balaban J connectivity index is 2.56. The average molecular weight is 234 g/mol. The fourth-order valence-electron chi connectivity index (χ4n) is 0.778. The van der Waals surface area contributed by atoms with Gasteiger partial charge in [-0.2, -0.15) is 5.10 Å². The van der Waals surface area contributed by atoms with Gasteiger partial charge in [0.15, 0.2) is 0 Å². The molecule has 6 nitrogen and oxygen atoms in total. The van der Waals surface area contributed by atoms with Crippen molar-refractivity contribution >= 4 is 27.2 Å². The second kappa shape index (κ2) is 4.49. The van der Waals surface area contributed by atoms with Crippen molar-refractivity contribution in [1.82, 2.24) is 14.9 Å². The Morgan fingerprint density at radius 2 is 2.43 bits per heavy atom. The van der Waals surface area contributed by atoms with Crippen LogP contribution in [0.25, 0.3) is 0 Å². The molecular formula is C6H10N4O2S2. The van der Waals surface area contributed by atoms with Crippen LogP contribution in [0.1, 0.15) is 6.42 Å². The minimum atomic E-state index is -3.47. The number of nitrogens with one attached hydrogen (secondary N) is 2. The molecule has 0 aliphatic rings. The molecule has 1 aromatic rings. The Morgan fingerprint density at radius 3 is 2.93 bits per heavy atom. The molecule has 0 aliphatic heterocycles. The van der Waals surface area contributed by atoms with Crippen molar-refractivity contribution in [2.75, 3.05) is 6.54 Å². The van der Waals surface area contributed by atoms with E-state index in [-0.39, 0.29) is 16.4 Å². The minimum absolute atomic E-state index is 0.0976. The van der Waals surface area contributed by atoms with Crippen molar-refractivity contribution in [3.05, 3.63) is 12.4 Å². The van der Waals surface area contributed by atoms with Gasteiger partial charge in [-0.15, -0.1) is 0 Å². The van der Waals surface area contributed by atoms with Crippen LogP contribution in [0.5, 0.6) is 0 Å². The Morgan fingerprint density at radius 1 is 1.71 bits per heavy atom. The highest BCUT2D eigenvalue weighted by Gasteiger charge is 2.13. The lowest BCUT2D eigenvalue weighted by Crippen LogP contribution is -2.27. The van der Waals surface area contributed by atoms with Crippen LogP contribution in [0, 0.1) is 0 Å². The molecule has 0 bridgehead atoms. The van der Waals surface area contributed by atoms with Gasteiger partial charge in [-0.05, 0) is 0 Å². The van der Waals surface area contributed by atoms with Crippen LogP contribution in [0.3, 0.4) is 0 Å². The molecule has 0 unspecified atom stereocenters.